The van der Waals surface area contributed by atoms with E-state index in [9.17, 15) is 5.26 Å². The van der Waals surface area contributed by atoms with Crippen molar-refractivity contribution < 1.29 is 4.43 Å². The molecule has 3 heteroatoms. The maximum absolute atomic E-state index is 9.20. The van der Waals surface area contributed by atoms with Crippen molar-refractivity contribution in [2.45, 2.75) is 77.6 Å². The van der Waals surface area contributed by atoms with E-state index in [4.69, 9.17) is 4.43 Å². The predicted molar refractivity (Wildman–Crippen MR) is 71.8 cm³/mol. The zero-order chi connectivity index (χ0) is 12.7. The highest BCUT2D eigenvalue weighted by molar-refractivity contribution is 6.69. The van der Waals surface area contributed by atoms with Gasteiger partial charge in [-0.05, 0) is 39.4 Å². The lowest BCUT2D eigenvalue weighted by atomic mass is 9.99. The SMILES string of the molecule is CCCCCCC[C@](C)(C#N)O[Si](C)(C)C. The first-order chi connectivity index (χ1) is 7.33. The maximum Gasteiger partial charge on any atom is 0.185 e. The van der Waals surface area contributed by atoms with Gasteiger partial charge in [0.1, 0.15) is 5.60 Å². The molecule has 1 atom stereocenters. The second-order valence-electron chi connectivity index (χ2n) is 5.72. The van der Waals surface area contributed by atoms with Crippen molar-refractivity contribution in [3.8, 4) is 6.07 Å². The molecule has 0 unspecified atom stereocenters. The molecule has 0 fully saturated rings. The molecule has 0 rings (SSSR count). The summed E-state index contributed by atoms with van der Waals surface area (Å²) >= 11 is 0. The van der Waals surface area contributed by atoms with Gasteiger partial charge in [0.25, 0.3) is 0 Å². The number of unbranched alkanes of at least 4 members (excludes halogenated alkanes) is 4. The zero-order valence-electron chi connectivity index (χ0n) is 11.6. The van der Waals surface area contributed by atoms with Crippen molar-refractivity contribution in [2.24, 2.45) is 0 Å². The van der Waals surface area contributed by atoms with Crippen molar-refractivity contribution in [1.29, 1.82) is 5.26 Å². The average molecular weight is 241 g/mol. The van der Waals surface area contributed by atoms with Gasteiger partial charge in [0.05, 0.1) is 6.07 Å². The third kappa shape index (κ3) is 7.89. The van der Waals surface area contributed by atoms with Crippen molar-refractivity contribution in [3.05, 3.63) is 0 Å². The Hall–Kier alpha value is -0.333. The molecule has 0 aromatic rings. The summed E-state index contributed by atoms with van der Waals surface area (Å²) in [5.74, 6) is 0. The maximum atomic E-state index is 9.20. The minimum Gasteiger partial charge on any atom is -0.400 e. The molecule has 0 aromatic carbocycles. The lowest BCUT2D eigenvalue weighted by Crippen LogP contribution is -2.39. The topological polar surface area (TPSA) is 33.0 Å². The van der Waals surface area contributed by atoms with E-state index < -0.39 is 13.9 Å². The molecule has 0 heterocycles. The van der Waals surface area contributed by atoms with Crippen LogP contribution in [0.2, 0.25) is 19.6 Å². The number of nitrogens with zero attached hydrogens (tertiary/aromatic N) is 1. The molecular formula is C13H27NOSi. The molecule has 0 radical (unpaired) electrons. The Labute approximate surface area is 102 Å². The van der Waals surface area contributed by atoms with Gasteiger partial charge in [-0.15, -0.1) is 0 Å². The van der Waals surface area contributed by atoms with Crippen molar-refractivity contribution in [1.82, 2.24) is 0 Å². The Morgan fingerprint density at radius 3 is 2.12 bits per heavy atom. The first kappa shape index (κ1) is 15.7. The van der Waals surface area contributed by atoms with E-state index in [0.717, 1.165) is 12.8 Å². The molecule has 94 valence electrons. The lowest BCUT2D eigenvalue weighted by molar-refractivity contribution is 0.126. The molecule has 0 aromatic heterocycles. The van der Waals surface area contributed by atoms with E-state index in [1.165, 1.54) is 25.7 Å². The largest absolute Gasteiger partial charge is 0.400 e. The number of hydrogen-bond donors (Lipinski definition) is 0. The van der Waals surface area contributed by atoms with E-state index >= 15 is 0 Å². The fourth-order valence-electron chi connectivity index (χ4n) is 1.87. The summed E-state index contributed by atoms with van der Waals surface area (Å²) in [6, 6.07) is 2.34. The monoisotopic (exact) mass is 241 g/mol. The van der Waals surface area contributed by atoms with Crippen LogP contribution in [-0.2, 0) is 4.43 Å². The van der Waals surface area contributed by atoms with Gasteiger partial charge >= 0.3 is 0 Å². The van der Waals surface area contributed by atoms with Gasteiger partial charge in [-0.1, -0.05) is 32.6 Å². The van der Waals surface area contributed by atoms with Crippen LogP contribution in [0.25, 0.3) is 0 Å². The molecule has 0 spiro atoms. The Morgan fingerprint density at radius 2 is 1.69 bits per heavy atom. The fraction of sp³-hybridized carbons (Fsp3) is 0.923. The molecule has 0 saturated carbocycles. The summed E-state index contributed by atoms with van der Waals surface area (Å²) in [4.78, 5) is 0. The molecule has 16 heavy (non-hydrogen) atoms. The Kier molecular flexibility index (Phi) is 6.94. The smallest absolute Gasteiger partial charge is 0.185 e. The summed E-state index contributed by atoms with van der Waals surface area (Å²) < 4.78 is 5.96. The summed E-state index contributed by atoms with van der Waals surface area (Å²) in [5, 5.41) is 9.20. The molecule has 0 aliphatic carbocycles. The fourth-order valence-corrected chi connectivity index (χ4v) is 3.37. The standard InChI is InChI=1S/C13H27NOSi/c1-6-7-8-9-10-11-13(2,12-14)15-16(3,4)5/h6-11H2,1-5H3/t13-/m1/s1. The Morgan fingerprint density at radius 1 is 1.12 bits per heavy atom. The molecule has 0 aliphatic rings. The van der Waals surface area contributed by atoms with E-state index in [-0.39, 0.29) is 0 Å². The van der Waals surface area contributed by atoms with Crippen LogP contribution in [0.4, 0.5) is 0 Å². The van der Waals surface area contributed by atoms with Crippen LogP contribution in [0, 0.1) is 11.3 Å². The van der Waals surface area contributed by atoms with Crippen LogP contribution in [0.5, 0.6) is 0 Å². The number of nitriles is 1. The number of rotatable bonds is 8. The van der Waals surface area contributed by atoms with Crippen LogP contribution in [0.15, 0.2) is 0 Å². The predicted octanol–water partition coefficient (Wildman–Crippen LogP) is 4.48. The van der Waals surface area contributed by atoms with E-state index in [1.54, 1.807) is 0 Å². The molecule has 0 amide bonds. The van der Waals surface area contributed by atoms with Crippen LogP contribution < -0.4 is 0 Å². The minimum absolute atomic E-state index is 0.559. The van der Waals surface area contributed by atoms with Gasteiger partial charge in [0, 0.05) is 0 Å². The molecule has 0 aliphatic heterocycles. The first-order valence-corrected chi connectivity index (χ1v) is 9.85. The van der Waals surface area contributed by atoms with Crippen molar-refractivity contribution in [2.75, 3.05) is 0 Å². The first-order valence-electron chi connectivity index (χ1n) is 6.44. The van der Waals surface area contributed by atoms with Gasteiger partial charge in [0.2, 0.25) is 0 Å². The van der Waals surface area contributed by atoms with E-state index in [1.807, 2.05) is 6.92 Å². The normalized spacial score (nSPS) is 15.5. The minimum atomic E-state index is -1.61. The summed E-state index contributed by atoms with van der Waals surface area (Å²) in [7, 11) is -1.61. The highest BCUT2D eigenvalue weighted by atomic mass is 28.4. The van der Waals surface area contributed by atoms with Crippen LogP contribution in [-0.4, -0.2) is 13.9 Å². The summed E-state index contributed by atoms with van der Waals surface area (Å²) in [5.41, 5.74) is -0.559. The second kappa shape index (κ2) is 7.08. The third-order valence-electron chi connectivity index (χ3n) is 2.53. The average Bonchev–Trinajstić information content (AvgIpc) is 2.15. The van der Waals surface area contributed by atoms with Gasteiger partial charge in [-0.25, -0.2) is 0 Å². The summed E-state index contributed by atoms with van der Waals surface area (Å²) in [6.07, 6.45) is 7.05. The zero-order valence-corrected chi connectivity index (χ0v) is 12.6. The highest BCUT2D eigenvalue weighted by Gasteiger charge is 2.30. The Balaban J connectivity index is 3.95. The van der Waals surface area contributed by atoms with Crippen molar-refractivity contribution >= 4 is 8.32 Å². The van der Waals surface area contributed by atoms with Crippen LogP contribution in [0.3, 0.4) is 0 Å². The number of hydrogen-bond acceptors (Lipinski definition) is 2. The molecular weight excluding hydrogens is 214 g/mol. The quantitative estimate of drug-likeness (QED) is 0.463. The molecule has 0 bridgehead atoms. The highest BCUT2D eigenvalue weighted by Crippen LogP contribution is 2.23. The third-order valence-corrected chi connectivity index (χ3v) is 3.59. The Bertz CT molecular complexity index is 229. The van der Waals surface area contributed by atoms with Gasteiger partial charge < -0.3 is 4.43 Å². The lowest BCUT2D eigenvalue weighted by Gasteiger charge is -2.30. The van der Waals surface area contributed by atoms with Gasteiger partial charge in [0.15, 0.2) is 8.32 Å². The summed E-state index contributed by atoms with van der Waals surface area (Å²) in [6.45, 7) is 10.6. The molecule has 0 N–H and O–H groups in total. The van der Waals surface area contributed by atoms with Crippen LogP contribution in [0.1, 0.15) is 52.4 Å². The second-order valence-corrected chi connectivity index (χ2v) is 10.2. The van der Waals surface area contributed by atoms with Crippen LogP contribution >= 0.6 is 0 Å². The molecule has 0 saturated heterocycles. The van der Waals surface area contributed by atoms with Gasteiger partial charge in [-0.3, -0.25) is 0 Å². The van der Waals surface area contributed by atoms with Gasteiger partial charge in [-0.2, -0.15) is 5.26 Å². The van der Waals surface area contributed by atoms with E-state index in [0.29, 0.717) is 0 Å². The molecule has 2 nitrogen and oxygen atoms in total. The van der Waals surface area contributed by atoms with Crippen molar-refractivity contribution in [3.63, 3.8) is 0 Å². The van der Waals surface area contributed by atoms with E-state index in [2.05, 4.69) is 32.6 Å².